The van der Waals surface area contributed by atoms with Gasteiger partial charge in [0, 0.05) is 30.8 Å². The summed E-state index contributed by atoms with van der Waals surface area (Å²) >= 11 is 0. The fraction of sp³-hybridized carbons (Fsp3) is 0.471. The van der Waals surface area contributed by atoms with Crippen molar-refractivity contribution in [3.63, 3.8) is 0 Å². The summed E-state index contributed by atoms with van der Waals surface area (Å²) in [6.45, 7) is 2.96. The number of carbonyl (C=O) groups is 1. The van der Waals surface area contributed by atoms with Crippen LogP contribution in [0.1, 0.15) is 52.8 Å². The Kier molecular flexibility index (Phi) is 3.39. The Labute approximate surface area is 134 Å². The van der Waals surface area contributed by atoms with Gasteiger partial charge in [-0.25, -0.2) is 9.07 Å². The Hall–Kier alpha value is -2.24. The molecular weight excluding hydrogens is 295 g/mol. The SMILES string of the molecule is Cc1ccc(C(=O)N2CCC(n3cc(C4CC4)nn3)C2)cc1F. The molecule has 5 nitrogen and oxygen atoms in total. The van der Waals surface area contributed by atoms with Gasteiger partial charge in [-0.05, 0) is 43.9 Å². The monoisotopic (exact) mass is 314 g/mol. The summed E-state index contributed by atoms with van der Waals surface area (Å²) in [6, 6.07) is 4.82. The van der Waals surface area contributed by atoms with Crippen molar-refractivity contribution in [3.8, 4) is 0 Å². The zero-order chi connectivity index (χ0) is 16.0. The summed E-state index contributed by atoms with van der Waals surface area (Å²) in [5.74, 6) is 0.129. The minimum atomic E-state index is -0.336. The minimum Gasteiger partial charge on any atom is -0.336 e. The van der Waals surface area contributed by atoms with E-state index >= 15 is 0 Å². The quantitative estimate of drug-likeness (QED) is 0.875. The lowest BCUT2D eigenvalue weighted by Gasteiger charge is -2.16. The second-order valence-corrected chi connectivity index (χ2v) is 6.56. The molecule has 1 saturated carbocycles. The van der Waals surface area contributed by atoms with Crippen LogP contribution >= 0.6 is 0 Å². The Morgan fingerprint density at radius 3 is 2.87 bits per heavy atom. The average Bonchev–Trinajstić information content (AvgIpc) is 3.09. The number of hydrogen-bond donors (Lipinski definition) is 0. The van der Waals surface area contributed by atoms with Crippen molar-refractivity contribution >= 4 is 5.91 Å². The first-order valence-electron chi connectivity index (χ1n) is 8.09. The fourth-order valence-electron chi connectivity index (χ4n) is 3.09. The number of amides is 1. The third-order valence-corrected chi connectivity index (χ3v) is 4.77. The summed E-state index contributed by atoms with van der Waals surface area (Å²) in [6.07, 6.45) is 5.27. The molecule has 23 heavy (non-hydrogen) atoms. The molecule has 0 N–H and O–H groups in total. The van der Waals surface area contributed by atoms with Crippen molar-refractivity contribution in [1.82, 2.24) is 19.9 Å². The number of halogens is 1. The highest BCUT2D eigenvalue weighted by Gasteiger charge is 2.31. The largest absolute Gasteiger partial charge is 0.336 e. The number of benzene rings is 1. The van der Waals surface area contributed by atoms with E-state index in [-0.39, 0.29) is 17.8 Å². The Balaban J connectivity index is 1.46. The lowest BCUT2D eigenvalue weighted by Crippen LogP contribution is -2.29. The lowest BCUT2D eigenvalue weighted by atomic mass is 10.1. The van der Waals surface area contributed by atoms with Gasteiger partial charge in [0.25, 0.3) is 5.91 Å². The first-order valence-corrected chi connectivity index (χ1v) is 8.09. The van der Waals surface area contributed by atoms with E-state index in [1.807, 2.05) is 10.9 Å². The maximum atomic E-state index is 13.7. The van der Waals surface area contributed by atoms with Crippen LogP contribution < -0.4 is 0 Å². The first-order chi connectivity index (χ1) is 11.1. The predicted octanol–water partition coefficient (Wildman–Crippen LogP) is 2.69. The number of aryl methyl sites for hydroxylation is 1. The van der Waals surface area contributed by atoms with E-state index in [4.69, 9.17) is 0 Å². The van der Waals surface area contributed by atoms with Crippen LogP contribution in [0.25, 0.3) is 0 Å². The zero-order valence-electron chi connectivity index (χ0n) is 13.1. The van der Waals surface area contributed by atoms with E-state index in [1.165, 1.54) is 18.9 Å². The number of rotatable bonds is 3. The molecule has 1 aliphatic carbocycles. The summed E-state index contributed by atoms with van der Waals surface area (Å²) in [4.78, 5) is 14.3. The molecule has 4 rings (SSSR count). The lowest BCUT2D eigenvalue weighted by molar-refractivity contribution is 0.0786. The van der Waals surface area contributed by atoms with E-state index in [9.17, 15) is 9.18 Å². The maximum Gasteiger partial charge on any atom is 0.254 e. The molecule has 0 bridgehead atoms. The molecule has 2 fully saturated rings. The highest BCUT2D eigenvalue weighted by Crippen LogP contribution is 2.39. The second-order valence-electron chi connectivity index (χ2n) is 6.56. The third kappa shape index (κ3) is 2.73. The van der Waals surface area contributed by atoms with Crippen LogP contribution in [-0.4, -0.2) is 38.9 Å². The van der Waals surface area contributed by atoms with Crippen molar-refractivity contribution in [2.45, 2.75) is 38.1 Å². The average molecular weight is 314 g/mol. The summed E-state index contributed by atoms with van der Waals surface area (Å²) in [7, 11) is 0. The van der Waals surface area contributed by atoms with Gasteiger partial charge in [-0.1, -0.05) is 11.3 Å². The molecule has 1 unspecified atom stereocenters. The molecule has 0 radical (unpaired) electrons. The third-order valence-electron chi connectivity index (χ3n) is 4.77. The van der Waals surface area contributed by atoms with E-state index in [0.29, 0.717) is 30.1 Å². The Morgan fingerprint density at radius 2 is 2.13 bits per heavy atom. The van der Waals surface area contributed by atoms with Crippen molar-refractivity contribution in [1.29, 1.82) is 0 Å². The summed E-state index contributed by atoms with van der Waals surface area (Å²) in [5.41, 5.74) is 2.03. The van der Waals surface area contributed by atoms with Crippen molar-refractivity contribution < 1.29 is 9.18 Å². The van der Waals surface area contributed by atoms with E-state index in [0.717, 1.165) is 12.1 Å². The van der Waals surface area contributed by atoms with Crippen molar-refractivity contribution in [2.75, 3.05) is 13.1 Å². The Bertz CT molecular complexity index is 753. The number of nitrogens with zero attached hydrogens (tertiary/aromatic N) is 4. The molecule has 6 heteroatoms. The number of likely N-dealkylation sites (tertiary alicyclic amines) is 1. The van der Waals surface area contributed by atoms with Gasteiger partial charge in [-0.2, -0.15) is 0 Å². The maximum absolute atomic E-state index is 13.7. The number of carbonyl (C=O) groups excluding carboxylic acids is 1. The van der Waals surface area contributed by atoms with Gasteiger partial charge >= 0.3 is 0 Å². The van der Waals surface area contributed by atoms with Gasteiger partial charge in [0.1, 0.15) is 5.82 Å². The molecule has 0 spiro atoms. The molecule has 1 atom stereocenters. The van der Waals surface area contributed by atoms with E-state index in [2.05, 4.69) is 10.3 Å². The molecule has 1 aromatic carbocycles. The predicted molar refractivity (Wildman–Crippen MR) is 82.7 cm³/mol. The molecule has 1 saturated heterocycles. The van der Waals surface area contributed by atoms with Gasteiger partial charge in [-0.3, -0.25) is 4.79 Å². The fourth-order valence-corrected chi connectivity index (χ4v) is 3.09. The van der Waals surface area contributed by atoms with Gasteiger partial charge < -0.3 is 4.90 Å². The van der Waals surface area contributed by atoms with E-state index < -0.39 is 0 Å². The van der Waals surface area contributed by atoms with Crippen molar-refractivity contribution in [2.24, 2.45) is 0 Å². The molecule has 2 aliphatic rings. The van der Waals surface area contributed by atoms with Crippen LogP contribution in [0.5, 0.6) is 0 Å². The van der Waals surface area contributed by atoms with Gasteiger partial charge in [0.05, 0.1) is 11.7 Å². The van der Waals surface area contributed by atoms with Gasteiger partial charge in [0.15, 0.2) is 0 Å². The zero-order valence-corrected chi connectivity index (χ0v) is 13.1. The molecule has 1 aromatic heterocycles. The Morgan fingerprint density at radius 1 is 1.30 bits per heavy atom. The second kappa shape index (κ2) is 5.44. The van der Waals surface area contributed by atoms with Crippen molar-refractivity contribution in [3.05, 3.63) is 47.0 Å². The standard InChI is InChI=1S/C17H19FN4O/c1-11-2-3-13(8-15(11)18)17(23)21-7-6-14(9-21)22-10-16(19-20-22)12-4-5-12/h2-3,8,10,12,14H,4-7,9H2,1H3. The molecule has 2 heterocycles. The number of aromatic nitrogens is 3. The van der Waals surface area contributed by atoms with Crippen LogP contribution in [0, 0.1) is 12.7 Å². The van der Waals surface area contributed by atoms with Crippen LogP contribution in [0.2, 0.25) is 0 Å². The van der Waals surface area contributed by atoms with Crippen LogP contribution in [0.3, 0.4) is 0 Å². The smallest absolute Gasteiger partial charge is 0.254 e. The first kappa shape index (κ1) is 14.4. The highest BCUT2D eigenvalue weighted by molar-refractivity contribution is 5.94. The van der Waals surface area contributed by atoms with Gasteiger partial charge in [-0.15, -0.1) is 5.10 Å². The van der Waals surface area contributed by atoms with E-state index in [1.54, 1.807) is 24.0 Å². The molecular formula is C17H19FN4O. The van der Waals surface area contributed by atoms with Crippen LogP contribution in [-0.2, 0) is 0 Å². The summed E-state index contributed by atoms with van der Waals surface area (Å²) < 4.78 is 15.5. The topological polar surface area (TPSA) is 51.0 Å². The summed E-state index contributed by atoms with van der Waals surface area (Å²) in [5, 5.41) is 8.45. The van der Waals surface area contributed by atoms with Crippen LogP contribution in [0.4, 0.5) is 4.39 Å². The molecule has 1 aliphatic heterocycles. The molecule has 120 valence electrons. The normalized spacial score (nSPS) is 21.0. The van der Waals surface area contributed by atoms with Gasteiger partial charge in [0.2, 0.25) is 0 Å². The highest BCUT2D eigenvalue weighted by atomic mass is 19.1. The minimum absolute atomic E-state index is 0.117. The number of hydrogen-bond acceptors (Lipinski definition) is 3. The molecule has 1 amide bonds. The molecule has 2 aromatic rings. The van der Waals surface area contributed by atoms with Crippen LogP contribution in [0.15, 0.2) is 24.4 Å².